The molecule has 5 heteroatoms. The Bertz CT molecular complexity index is 488. The molecule has 0 unspecified atom stereocenters. The van der Waals surface area contributed by atoms with Crippen LogP contribution in [0.4, 0.5) is 0 Å². The molecule has 2 rings (SSSR count). The first-order valence-electron chi connectivity index (χ1n) is 5.75. The molecule has 18 heavy (non-hydrogen) atoms. The van der Waals surface area contributed by atoms with Crippen LogP contribution < -0.4 is 0 Å². The number of hydrogen-bond acceptors (Lipinski definition) is 3. The predicted molar refractivity (Wildman–Crippen MR) is 63.3 cm³/mol. The first-order chi connectivity index (χ1) is 8.56. The molecule has 0 fully saturated rings. The van der Waals surface area contributed by atoms with E-state index in [9.17, 15) is 14.4 Å². The molecular weight excluding hydrogens is 234 g/mol. The van der Waals surface area contributed by atoms with E-state index in [0.29, 0.717) is 17.5 Å². The zero-order valence-electron chi connectivity index (χ0n) is 9.92. The molecule has 2 amide bonds. The summed E-state index contributed by atoms with van der Waals surface area (Å²) in [6.07, 6.45) is 0.208. The maximum absolute atomic E-state index is 12.1. The number of imide groups is 1. The van der Waals surface area contributed by atoms with Gasteiger partial charge in [-0.05, 0) is 18.6 Å². The van der Waals surface area contributed by atoms with Crippen molar-refractivity contribution in [3.05, 3.63) is 35.4 Å². The van der Waals surface area contributed by atoms with E-state index in [-0.39, 0.29) is 6.42 Å². The smallest absolute Gasteiger partial charge is 0.305 e. The van der Waals surface area contributed by atoms with Gasteiger partial charge in [-0.15, -0.1) is 0 Å². The molecule has 0 spiro atoms. The van der Waals surface area contributed by atoms with Gasteiger partial charge in [-0.1, -0.05) is 19.1 Å². The van der Waals surface area contributed by atoms with Crippen LogP contribution in [-0.4, -0.2) is 33.8 Å². The van der Waals surface area contributed by atoms with Gasteiger partial charge in [-0.3, -0.25) is 19.3 Å². The molecule has 1 heterocycles. The lowest BCUT2D eigenvalue weighted by atomic mass is 10.1. The van der Waals surface area contributed by atoms with Gasteiger partial charge in [0.1, 0.15) is 0 Å². The van der Waals surface area contributed by atoms with E-state index in [0.717, 1.165) is 4.90 Å². The molecule has 94 valence electrons. The van der Waals surface area contributed by atoms with Crippen molar-refractivity contribution in [3.63, 3.8) is 0 Å². The SMILES string of the molecule is CC[C@H](CC(=O)O)N1C(=O)c2ccccc2C1=O. The van der Waals surface area contributed by atoms with Crippen LogP contribution in [0.15, 0.2) is 24.3 Å². The van der Waals surface area contributed by atoms with Gasteiger partial charge in [0.25, 0.3) is 11.8 Å². The van der Waals surface area contributed by atoms with Gasteiger partial charge in [0, 0.05) is 0 Å². The van der Waals surface area contributed by atoms with E-state index in [1.54, 1.807) is 31.2 Å². The zero-order chi connectivity index (χ0) is 13.3. The number of carboxylic acid groups (broad SMARTS) is 1. The fraction of sp³-hybridized carbons (Fsp3) is 0.308. The summed E-state index contributed by atoms with van der Waals surface area (Å²) in [5.74, 6) is -1.81. The van der Waals surface area contributed by atoms with Crippen molar-refractivity contribution in [2.75, 3.05) is 0 Å². The minimum absolute atomic E-state index is 0.220. The van der Waals surface area contributed by atoms with E-state index in [2.05, 4.69) is 0 Å². The molecule has 1 aromatic carbocycles. The standard InChI is InChI=1S/C13H13NO4/c1-2-8(7-11(15)16)14-12(17)9-5-3-4-6-10(9)13(14)18/h3-6,8H,2,7H2,1H3,(H,15,16)/t8-/m1/s1. The highest BCUT2D eigenvalue weighted by Crippen LogP contribution is 2.26. The number of amides is 2. The Hall–Kier alpha value is -2.17. The lowest BCUT2D eigenvalue weighted by Gasteiger charge is -2.23. The Kier molecular flexibility index (Phi) is 3.14. The van der Waals surface area contributed by atoms with Crippen molar-refractivity contribution in [3.8, 4) is 0 Å². The Balaban J connectivity index is 2.35. The van der Waals surface area contributed by atoms with Crippen LogP contribution in [0.2, 0.25) is 0 Å². The van der Waals surface area contributed by atoms with Crippen molar-refractivity contribution in [2.24, 2.45) is 0 Å². The molecule has 0 aromatic heterocycles. The second-order valence-electron chi connectivity index (χ2n) is 4.19. The molecule has 0 saturated carbocycles. The number of benzene rings is 1. The van der Waals surface area contributed by atoms with Gasteiger partial charge < -0.3 is 5.11 Å². The number of hydrogen-bond donors (Lipinski definition) is 1. The van der Waals surface area contributed by atoms with Crippen LogP contribution in [0.5, 0.6) is 0 Å². The predicted octanol–water partition coefficient (Wildman–Crippen LogP) is 1.54. The monoisotopic (exact) mass is 247 g/mol. The van der Waals surface area contributed by atoms with Crippen molar-refractivity contribution in [1.29, 1.82) is 0 Å². The number of fused-ring (bicyclic) bond motifs is 1. The van der Waals surface area contributed by atoms with Crippen molar-refractivity contribution in [1.82, 2.24) is 4.90 Å². The number of aliphatic carboxylic acids is 1. The molecule has 1 N–H and O–H groups in total. The second kappa shape index (κ2) is 4.60. The van der Waals surface area contributed by atoms with Gasteiger partial charge in [0.2, 0.25) is 0 Å². The summed E-state index contributed by atoms with van der Waals surface area (Å²) in [5.41, 5.74) is 0.706. The van der Waals surface area contributed by atoms with Crippen LogP contribution in [0.3, 0.4) is 0 Å². The van der Waals surface area contributed by atoms with E-state index < -0.39 is 23.8 Å². The molecule has 1 aliphatic rings. The molecule has 0 saturated heterocycles. The average molecular weight is 247 g/mol. The molecule has 1 atom stereocenters. The van der Waals surface area contributed by atoms with E-state index in [1.165, 1.54) is 0 Å². The molecule has 1 aromatic rings. The first kappa shape index (κ1) is 12.3. The summed E-state index contributed by atoms with van der Waals surface area (Å²) in [4.78, 5) is 36.0. The van der Waals surface area contributed by atoms with Gasteiger partial charge >= 0.3 is 5.97 Å². The minimum atomic E-state index is -1.02. The summed E-state index contributed by atoms with van der Waals surface area (Å²) in [7, 11) is 0. The number of rotatable bonds is 4. The second-order valence-corrected chi connectivity index (χ2v) is 4.19. The number of carboxylic acids is 1. The van der Waals surface area contributed by atoms with Crippen molar-refractivity contribution >= 4 is 17.8 Å². The van der Waals surface area contributed by atoms with Crippen molar-refractivity contribution in [2.45, 2.75) is 25.8 Å². The summed E-state index contributed by atoms with van der Waals surface area (Å²) in [6.45, 7) is 1.76. The molecule has 0 aliphatic carbocycles. The summed E-state index contributed by atoms with van der Waals surface area (Å²) in [5, 5.41) is 8.82. The Morgan fingerprint density at radius 2 is 1.72 bits per heavy atom. The third-order valence-corrected chi connectivity index (χ3v) is 3.07. The Labute approximate surface area is 104 Å². The van der Waals surface area contributed by atoms with Gasteiger partial charge in [-0.2, -0.15) is 0 Å². The van der Waals surface area contributed by atoms with E-state index in [4.69, 9.17) is 5.11 Å². The minimum Gasteiger partial charge on any atom is -0.481 e. The summed E-state index contributed by atoms with van der Waals surface area (Å²) >= 11 is 0. The van der Waals surface area contributed by atoms with E-state index >= 15 is 0 Å². The number of carbonyl (C=O) groups is 3. The normalized spacial score (nSPS) is 15.7. The maximum Gasteiger partial charge on any atom is 0.305 e. The van der Waals surface area contributed by atoms with Crippen molar-refractivity contribution < 1.29 is 19.5 Å². The zero-order valence-corrected chi connectivity index (χ0v) is 9.92. The Morgan fingerprint density at radius 3 is 2.11 bits per heavy atom. The number of nitrogens with zero attached hydrogens (tertiary/aromatic N) is 1. The first-order valence-corrected chi connectivity index (χ1v) is 5.75. The summed E-state index contributed by atoms with van der Waals surface area (Å²) in [6, 6.07) is 5.96. The van der Waals surface area contributed by atoms with Gasteiger partial charge in [0.15, 0.2) is 0 Å². The highest BCUT2D eigenvalue weighted by atomic mass is 16.4. The van der Waals surface area contributed by atoms with E-state index in [1.807, 2.05) is 0 Å². The largest absolute Gasteiger partial charge is 0.481 e. The molecular formula is C13H13NO4. The summed E-state index contributed by atoms with van der Waals surface area (Å²) < 4.78 is 0. The third kappa shape index (κ3) is 1.88. The highest BCUT2D eigenvalue weighted by Gasteiger charge is 2.39. The lowest BCUT2D eigenvalue weighted by Crippen LogP contribution is -2.40. The average Bonchev–Trinajstić information content (AvgIpc) is 2.60. The molecule has 1 aliphatic heterocycles. The maximum atomic E-state index is 12.1. The highest BCUT2D eigenvalue weighted by molar-refractivity contribution is 6.21. The Morgan fingerprint density at radius 1 is 1.22 bits per heavy atom. The van der Waals surface area contributed by atoms with Gasteiger partial charge in [0.05, 0.1) is 23.6 Å². The molecule has 0 radical (unpaired) electrons. The number of carbonyl (C=O) groups excluding carboxylic acids is 2. The van der Waals surface area contributed by atoms with Crippen LogP contribution >= 0.6 is 0 Å². The quantitative estimate of drug-likeness (QED) is 0.819. The van der Waals surface area contributed by atoms with Crippen LogP contribution in [0, 0.1) is 0 Å². The van der Waals surface area contributed by atoms with Crippen LogP contribution in [0.25, 0.3) is 0 Å². The molecule has 0 bridgehead atoms. The molecule has 5 nitrogen and oxygen atoms in total. The third-order valence-electron chi connectivity index (χ3n) is 3.07. The van der Waals surface area contributed by atoms with Crippen LogP contribution in [0.1, 0.15) is 40.5 Å². The topological polar surface area (TPSA) is 74.7 Å². The fourth-order valence-corrected chi connectivity index (χ4v) is 2.16. The lowest BCUT2D eigenvalue weighted by molar-refractivity contribution is -0.137. The fourth-order valence-electron chi connectivity index (χ4n) is 2.16. The van der Waals surface area contributed by atoms with Crippen LogP contribution in [-0.2, 0) is 4.79 Å². The van der Waals surface area contributed by atoms with Gasteiger partial charge in [-0.25, -0.2) is 0 Å².